The standard InChI is InChI=1S/C23H30N2O4S/c1-25(30(27,28)22-15-13-21(29-2)14-16-22)20-12-8-9-18(17-20)23(26)24-19-10-6-4-3-5-7-11-19/h8-9,12-17,19H,3-7,10-11H2,1-2H3,(H,24,26). The van der Waals surface area contributed by atoms with E-state index in [0.29, 0.717) is 17.0 Å². The molecule has 0 aromatic heterocycles. The van der Waals surface area contributed by atoms with Crippen molar-refractivity contribution in [2.75, 3.05) is 18.5 Å². The number of carbonyl (C=O) groups is 1. The minimum absolute atomic E-state index is 0.155. The number of carbonyl (C=O) groups excluding carboxylic acids is 1. The maximum absolute atomic E-state index is 13.0. The van der Waals surface area contributed by atoms with Gasteiger partial charge in [-0.15, -0.1) is 0 Å². The number of anilines is 1. The van der Waals surface area contributed by atoms with Crippen LogP contribution >= 0.6 is 0 Å². The van der Waals surface area contributed by atoms with Crippen molar-refractivity contribution in [3.05, 3.63) is 54.1 Å². The van der Waals surface area contributed by atoms with Gasteiger partial charge >= 0.3 is 0 Å². The lowest BCUT2D eigenvalue weighted by Crippen LogP contribution is -2.35. The largest absolute Gasteiger partial charge is 0.497 e. The van der Waals surface area contributed by atoms with Crippen LogP contribution in [0.3, 0.4) is 0 Å². The lowest BCUT2D eigenvalue weighted by atomic mass is 9.96. The number of nitrogens with zero attached hydrogens (tertiary/aromatic N) is 1. The van der Waals surface area contributed by atoms with Gasteiger partial charge in [-0.25, -0.2) is 8.42 Å². The molecule has 1 fully saturated rings. The molecule has 0 bridgehead atoms. The van der Waals surface area contributed by atoms with Crippen LogP contribution < -0.4 is 14.4 Å². The maximum Gasteiger partial charge on any atom is 0.264 e. The van der Waals surface area contributed by atoms with E-state index >= 15 is 0 Å². The van der Waals surface area contributed by atoms with Crippen LogP contribution in [0.5, 0.6) is 5.75 Å². The van der Waals surface area contributed by atoms with E-state index in [1.54, 1.807) is 36.4 Å². The predicted octanol–water partition coefficient (Wildman–Crippen LogP) is 4.36. The van der Waals surface area contributed by atoms with Crippen LogP contribution in [0.25, 0.3) is 0 Å². The fourth-order valence-electron chi connectivity index (χ4n) is 3.76. The Morgan fingerprint density at radius 2 is 1.63 bits per heavy atom. The molecule has 0 radical (unpaired) electrons. The van der Waals surface area contributed by atoms with Crippen molar-refractivity contribution in [2.45, 2.75) is 55.9 Å². The smallest absolute Gasteiger partial charge is 0.264 e. The van der Waals surface area contributed by atoms with Gasteiger partial charge in [-0.2, -0.15) is 0 Å². The molecular formula is C23H30N2O4S. The number of sulfonamides is 1. The van der Waals surface area contributed by atoms with Crippen LogP contribution in [0.2, 0.25) is 0 Å². The van der Waals surface area contributed by atoms with Crippen LogP contribution in [0.1, 0.15) is 55.3 Å². The maximum atomic E-state index is 13.0. The summed E-state index contributed by atoms with van der Waals surface area (Å²) < 4.78 is 32.3. The van der Waals surface area contributed by atoms with Crippen molar-refractivity contribution < 1.29 is 17.9 Å². The highest BCUT2D eigenvalue weighted by molar-refractivity contribution is 7.92. The van der Waals surface area contributed by atoms with E-state index < -0.39 is 10.0 Å². The minimum Gasteiger partial charge on any atom is -0.497 e. The van der Waals surface area contributed by atoms with Gasteiger partial charge in [0.1, 0.15) is 5.75 Å². The number of hydrogen-bond donors (Lipinski definition) is 1. The zero-order chi connectivity index (χ0) is 21.6. The van der Waals surface area contributed by atoms with Crippen LogP contribution in [-0.4, -0.2) is 34.5 Å². The lowest BCUT2D eigenvalue weighted by molar-refractivity contribution is 0.0930. The zero-order valence-corrected chi connectivity index (χ0v) is 18.5. The average molecular weight is 431 g/mol. The van der Waals surface area contributed by atoms with E-state index in [1.165, 1.54) is 49.9 Å². The summed E-state index contributed by atoms with van der Waals surface area (Å²) in [6, 6.07) is 13.2. The molecule has 0 unspecified atom stereocenters. The third-order valence-corrected chi connectivity index (χ3v) is 7.43. The number of rotatable bonds is 6. The summed E-state index contributed by atoms with van der Waals surface area (Å²) in [7, 11) is -0.727. The van der Waals surface area contributed by atoms with E-state index in [9.17, 15) is 13.2 Å². The Hall–Kier alpha value is -2.54. The highest BCUT2D eigenvalue weighted by Gasteiger charge is 2.22. The molecule has 1 aliphatic carbocycles. The van der Waals surface area contributed by atoms with Crippen molar-refractivity contribution in [3.63, 3.8) is 0 Å². The molecule has 1 saturated carbocycles. The molecule has 0 heterocycles. The SMILES string of the molecule is COc1ccc(S(=O)(=O)N(C)c2cccc(C(=O)NC3CCCCCCC3)c2)cc1. The first kappa shape index (κ1) is 22.2. The van der Waals surface area contributed by atoms with E-state index in [0.717, 1.165) is 25.7 Å². The van der Waals surface area contributed by atoms with Gasteiger partial charge in [0.2, 0.25) is 0 Å². The molecule has 30 heavy (non-hydrogen) atoms. The van der Waals surface area contributed by atoms with Crippen LogP contribution in [0.15, 0.2) is 53.4 Å². The molecule has 3 rings (SSSR count). The third kappa shape index (κ3) is 5.33. The normalized spacial score (nSPS) is 15.7. The Morgan fingerprint density at radius 3 is 2.27 bits per heavy atom. The number of ether oxygens (including phenoxy) is 1. The second-order valence-corrected chi connectivity index (χ2v) is 9.68. The van der Waals surface area contributed by atoms with Gasteiger partial charge in [-0.3, -0.25) is 9.10 Å². The summed E-state index contributed by atoms with van der Waals surface area (Å²) in [4.78, 5) is 12.9. The molecule has 0 aliphatic heterocycles. The van der Waals surface area contributed by atoms with Gasteiger partial charge in [0.25, 0.3) is 15.9 Å². The number of hydrogen-bond acceptors (Lipinski definition) is 4. The van der Waals surface area contributed by atoms with Gasteiger partial charge in [0.15, 0.2) is 0 Å². The van der Waals surface area contributed by atoms with Gasteiger partial charge in [0.05, 0.1) is 17.7 Å². The number of nitrogens with one attached hydrogen (secondary N) is 1. The summed E-state index contributed by atoms with van der Waals surface area (Å²) in [5.74, 6) is 0.433. The summed E-state index contributed by atoms with van der Waals surface area (Å²) in [5, 5.41) is 3.13. The summed E-state index contributed by atoms with van der Waals surface area (Å²) >= 11 is 0. The number of benzene rings is 2. The molecule has 7 heteroatoms. The monoisotopic (exact) mass is 430 g/mol. The van der Waals surface area contributed by atoms with Gasteiger partial charge < -0.3 is 10.1 Å². The van der Waals surface area contributed by atoms with Crippen molar-refractivity contribution in [1.29, 1.82) is 0 Å². The molecule has 1 amide bonds. The summed E-state index contributed by atoms with van der Waals surface area (Å²) in [5.41, 5.74) is 0.905. The highest BCUT2D eigenvalue weighted by atomic mass is 32.2. The molecule has 2 aromatic carbocycles. The second-order valence-electron chi connectivity index (χ2n) is 7.71. The molecule has 6 nitrogen and oxygen atoms in total. The van der Waals surface area contributed by atoms with Gasteiger partial charge in [0, 0.05) is 18.7 Å². The van der Waals surface area contributed by atoms with Crippen LogP contribution in [0, 0.1) is 0 Å². The Bertz CT molecular complexity index is 949. The molecule has 1 aliphatic rings. The lowest BCUT2D eigenvalue weighted by Gasteiger charge is -2.22. The third-order valence-electron chi connectivity index (χ3n) is 5.63. The molecule has 1 N–H and O–H groups in total. The summed E-state index contributed by atoms with van der Waals surface area (Å²) in [6.45, 7) is 0. The Morgan fingerprint density at radius 1 is 1.00 bits per heavy atom. The second kappa shape index (κ2) is 9.98. The molecular weight excluding hydrogens is 400 g/mol. The van der Waals surface area contributed by atoms with E-state index in [2.05, 4.69) is 5.32 Å². The topological polar surface area (TPSA) is 75.7 Å². The number of amides is 1. The van der Waals surface area contributed by atoms with E-state index in [-0.39, 0.29) is 16.8 Å². The summed E-state index contributed by atoms with van der Waals surface area (Å²) in [6.07, 6.45) is 7.97. The molecule has 0 spiro atoms. The quantitative estimate of drug-likeness (QED) is 0.739. The fraction of sp³-hybridized carbons (Fsp3) is 0.435. The van der Waals surface area contributed by atoms with Crippen LogP contribution in [0.4, 0.5) is 5.69 Å². The van der Waals surface area contributed by atoms with Crippen LogP contribution in [-0.2, 0) is 10.0 Å². The molecule has 0 atom stereocenters. The van der Waals surface area contributed by atoms with E-state index in [1.807, 2.05) is 0 Å². The molecule has 0 saturated heterocycles. The van der Waals surface area contributed by atoms with Crippen molar-refractivity contribution >= 4 is 21.6 Å². The highest BCUT2D eigenvalue weighted by Crippen LogP contribution is 2.25. The Labute approximate surface area is 179 Å². The fourth-order valence-corrected chi connectivity index (χ4v) is 4.94. The molecule has 2 aromatic rings. The van der Waals surface area contributed by atoms with Gasteiger partial charge in [-0.1, -0.05) is 38.2 Å². The predicted molar refractivity (Wildman–Crippen MR) is 119 cm³/mol. The molecule has 162 valence electrons. The Kier molecular flexibility index (Phi) is 7.37. The Balaban J connectivity index is 1.75. The van der Waals surface area contributed by atoms with Crippen molar-refractivity contribution in [3.8, 4) is 5.75 Å². The first-order valence-electron chi connectivity index (χ1n) is 10.5. The first-order valence-corrected chi connectivity index (χ1v) is 11.9. The zero-order valence-electron chi connectivity index (χ0n) is 17.6. The van der Waals surface area contributed by atoms with E-state index in [4.69, 9.17) is 4.74 Å². The minimum atomic E-state index is -3.75. The van der Waals surface area contributed by atoms with Crippen molar-refractivity contribution in [1.82, 2.24) is 5.32 Å². The van der Waals surface area contributed by atoms with Gasteiger partial charge in [-0.05, 0) is 55.3 Å². The average Bonchev–Trinajstić information content (AvgIpc) is 2.75. The number of methoxy groups -OCH3 is 1. The van der Waals surface area contributed by atoms with Crippen molar-refractivity contribution in [2.24, 2.45) is 0 Å². The first-order chi connectivity index (χ1) is 14.4.